The van der Waals surface area contributed by atoms with E-state index in [1.165, 1.54) is 0 Å². The molecule has 2 aromatic carbocycles. The minimum atomic E-state index is -0.138. The molecule has 0 radical (unpaired) electrons. The minimum Gasteiger partial charge on any atom is -0.497 e. The molecule has 0 aliphatic carbocycles. The summed E-state index contributed by atoms with van der Waals surface area (Å²) in [5.74, 6) is 0.526. The van der Waals surface area contributed by atoms with Gasteiger partial charge in [0.1, 0.15) is 5.75 Å². The van der Waals surface area contributed by atoms with Gasteiger partial charge in [0.05, 0.1) is 7.11 Å². The molecule has 0 fully saturated rings. The van der Waals surface area contributed by atoms with Gasteiger partial charge in [0.25, 0.3) is 5.91 Å². The van der Waals surface area contributed by atoms with Gasteiger partial charge in [-0.25, -0.2) is 0 Å². The SMILES string of the molecule is COc1cccc(C(=O)NCc2cccc(N)c2)c1. The van der Waals surface area contributed by atoms with E-state index < -0.39 is 0 Å². The zero-order chi connectivity index (χ0) is 13.7. The van der Waals surface area contributed by atoms with Crippen LogP contribution in [0.25, 0.3) is 0 Å². The molecule has 98 valence electrons. The monoisotopic (exact) mass is 256 g/mol. The van der Waals surface area contributed by atoms with Crippen LogP contribution in [0.4, 0.5) is 5.69 Å². The molecule has 0 aliphatic rings. The average molecular weight is 256 g/mol. The summed E-state index contributed by atoms with van der Waals surface area (Å²) >= 11 is 0. The number of hydrogen-bond donors (Lipinski definition) is 2. The molecular weight excluding hydrogens is 240 g/mol. The average Bonchev–Trinajstić information content (AvgIpc) is 2.45. The smallest absolute Gasteiger partial charge is 0.251 e. The van der Waals surface area contributed by atoms with Crippen LogP contribution >= 0.6 is 0 Å². The van der Waals surface area contributed by atoms with E-state index in [9.17, 15) is 4.79 Å². The second-order valence-corrected chi connectivity index (χ2v) is 4.16. The maximum absolute atomic E-state index is 12.0. The van der Waals surface area contributed by atoms with Crippen LogP contribution in [-0.4, -0.2) is 13.0 Å². The van der Waals surface area contributed by atoms with Gasteiger partial charge in [-0.3, -0.25) is 4.79 Å². The largest absolute Gasteiger partial charge is 0.497 e. The van der Waals surface area contributed by atoms with Crippen molar-refractivity contribution in [2.75, 3.05) is 12.8 Å². The maximum Gasteiger partial charge on any atom is 0.251 e. The van der Waals surface area contributed by atoms with Crippen molar-refractivity contribution in [1.82, 2.24) is 5.32 Å². The lowest BCUT2D eigenvalue weighted by molar-refractivity contribution is 0.0950. The Kier molecular flexibility index (Phi) is 4.03. The molecule has 1 amide bonds. The fraction of sp³-hybridized carbons (Fsp3) is 0.133. The van der Waals surface area contributed by atoms with E-state index >= 15 is 0 Å². The van der Waals surface area contributed by atoms with Crippen molar-refractivity contribution < 1.29 is 9.53 Å². The Labute approximate surface area is 112 Å². The van der Waals surface area contributed by atoms with Gasteiger partial charge in [-0.2, -0.15) is 0 Å². The molecule has 0 spiro atoms. The molecule has 0 saturated carbocycles. The van der Waals surface area contributed by atoms with E-state index in [2.05, 4.69) is 5.32 Å². The number of hydrogen-bond acceptors (Lipinski definition) is 3. The van der Waals surface area contributed by atoms with Crippen LogP contribution in [0, 0.1) is 0 Å². The molecule has 0 aromatic heterocycles. The molecule has 3 N–H and O–H groups in total. The number of rotatable bonds is 4. The van der Waals surface area contributed by atoms with Crippen LogP contribution in [-0.2, 0) is 6.54 Å². The van der Waals surface area contributed by atoms with E-state index in [4.69, 9.17) is 10.5 Å². The number of nitrogens with two attached hydrogens (primary N) is 1. The second kappa shape index (κ2) is 5.91. The van der Waals surface area contributed by atoms with Gasteiger partial charge >= 0.3 is 0 Å². The third-order valence-corrected chi connectivity index (χ3v) is 2.74. The number of amides is 1. The molecule has 0 aliphatic heterocycles. The van der Waals surface area contributed by atoms with Crippen LogP contribution in [0.3, 0.4) is 0 Å². The van der Waals surface area contributed by atoms with E-state index in [-0.39, 0.29) is 5.91 Å². The summed E-state index contributed by atoms with van der Waals surface area (Å²) in [6.45, 7) is 0.446. The first-order valence-corrected chi connectivity index (χ1v) is 5.96. The van der Waals surface area contributed by atoms with Gasteiger partial charge in [-0.1, -0.05) is 18.2 Å². The summed E-state index contributed by atoms with van der Waals surface area (Å²) < 4.78 is 5.09. The molecule has 0 heterocycles. The normalized spacial score (nSPS) is 9.95. The zero-order valence-corrected chi connectivity index (χ0v) is 10.7. The second-order valence-electron chi connectivity index (χ2n) is 4.16. The standard InChI is InChI=1S/C15H16N2O2/c1-19-14-7-3-5-12(9-14)15(18)17-10-11-4-2-6-13(16)8-11/h2-9H,10,16H2,1H3,(H,17,18). The molecule has 0 saturated heterocycles. The minimum absolute atomic E-state index is 0.138. The highest BCUT2D eigenvalue weighted by molar-refractivity contribution is 5.94. The summed E-state index contributed by atoms with van der Waals surface area (Å²) in [6.07, 6.45) is 0. The molecule has 0 atom stereocenters. The molecule has 19 heavy (non-hydrogen) atoms. The number of methoxy groups -OCH3 is 1. The first-order valence-electron chi connectivity index (χ1n) is 5.96. The molecule has 0 unspecified atom stereocenters. The van der Waals surface area contributed by atoms with Crippen molar-refractivity contribution >= 4 is 11.6 Å². The molecular formula is C15H16N2O2. The number of benzene rings is 2. The van der Waals surface area contributed by atoms with Gasteiger partial charge in [0.15, 0.2) is 0 Å². The zero-order valence-electron chi connectivity index (χ0n) is 10.7. The Morgan fingerprint density at radius 2 is 2.00 bits per heavy atom. The molecule has 2 aromatic rings. The Morgan fingerprint density at radius 1 is 1.21 bits per heavy atom. The Balaban J connectivity index is 2.01. The number of nitrogens with one attached hydrogen (secondary N) is 1. The van der Waals surface area contributed by atoms with Gasteiger partial charge < -0.3 is 15.8 Å². The predicted octanol–water partition coefficient (Wildman–Crippen LogP) is 2.21. The number of anilines is 1. The van der Waals surface area contributed by atoms with Crippen molar-refractivity contribution in [2.45, 2.75) is 6.54 Å². The van der Waals surface area contributed by atoms with Crippen molar-refractivity contribution in [3.63, 3.8) is 0 Å². The highest BCUT2D eigenvalue weighted by Gasteiger charge is 2.06. The summed E-state index contributed by atoms with van der Waals surface area (Å²) in [7, 11) is 1.57. The van der Waals surface area contributed by atoms with Crippen molar-refractivity contribution in [2.24, 2.45) is 0 Å². The third-order valence-electron chi connectivity index (χ3n) is 2.74. The van der Waals surface area contributed by atoms with Gasteiger partial charge in [-0.15, -0.1) is 0 Å². The van der Waals surface area contributed by atoms with Crippen LogP contribution in [0.15, 0.2) is 48.5 Å². The van der Waals surface area contributed by atoms with Crippen molar-refractivity contribution in [3.05, 3.63) is 59.7 Å². The van der Waals surface area contributed by atoms with Gasteiger partial charge in [0, 0.05) is 17.8 Å². The lowest BCUT2D eigenvalue weighted by Gasteiger charge is -2.07. The maximum atomic E-state index is 12.0. The molecule has 4 nitrogen and oxygen atoms in total. The first kappa shape index (κ1) is 13.0. The summed E-state index contributed by atoms with van der Waals surface area (Å²) in [6, 6.07) is 14.5. The number of carbonyl (C=O) groups excluding carboxylic acids is 1. The fourth-order valence-electron chi connectivity index (χ4n) is 1.75. The van der Waals surface area contributed by atoms with Crippen LogP contribution in [0.5, 0.6) is 5.75 Å². The number of ether oxygens (including phenoxy) is 1. The molecule has 4 heteroatoms. The highest BCUT2D eigenvalue weighted by atomic mass is 16.5. The summed E-state index contributed by atoms with van der Waals surface area (Å²) in [5, 5.41) is 2.84. The summed E-state index contributed by atoms with van der Waals surface area (Å²) in [4.78, 5) is 12.0. The topological polar surface area (TPSA) is 64.3 Å². The third kappa shape index (κ3) is 3.48. The van der Waals surface area contributed by atoms with Crippen LogP contribution in [0.2, 0.25) is 0 Å². The van der Waals surface area contributed by atoms with Gasteiger partial charge in [0.2, 0.25) is 0 Å². The fourth-order valence-corrected chi connectivity index (χ4v) is 1.75. The first-order chi connectivity index (χ1) is 9.19. The molecule has 2 rings (SSSR count). The lowest BCUT2D eigenvalue weighted by Crippen LogP contribution is -2.22. The number of nitrogen functional groups attached to an aromatic ring is 1. The highest BCUT2D eigenvalue weighted by Crippen LogP contribution is 2.12. The van der Waals surface area contributed by atoms with E-state index in [0.717, 1.165) is 5.56 Å². The quantitative estimate of drug-likeness (QED) is 0.824. The van der Waals surface area contributed by atoms with E-state index in [1.807, 2.05) is 24.3 Å². The van der Waals surface area contributed by atoms with Crippen molar-refractivity contribution in [1.29, 1.82) is 0 Å². The van der Waals surface area contributed by atoms with Crippen LogP contribution < -0.4 is 15.8 Å². The summed E-state index contributed by atoms with van der Waals surface area (Å²) in [5.41, 5.74) is 7.91. The van der Waals surface area contributed by atoms with E-state index in [1.54, 1.807) is 31.4 Å². The molecule has 0 bridgehead atoms. The van der Waals surface area contributed by atoms with Crippen molar-refractivity contribution in [3.8, 4) is 5.75 Å². The predicted molar refractivity (Wildman–Crippen MR) is 75.0 cm³/mol. The Hall–Kier alpha value is -2.49. The van der Waals surface area contributed by atoms with Gasteiger partial charge in [-0.05, 0) is 35.9 Å². The lowest BCUT2D eigenvalue weighted by atomic mass is 10.1. The van der Waals surface area contributed by atoms with E-state index in [0.29, 0.717) is 23.5 Å². The van der Waals surface area contributed by atoms with Crippen LogP contribution in [0.1, 0.15) is 15.9 Å². The Bertz CT molecular complexity index is 582. The Morgan fingerprint density at radius 3 is 2.74 bits per heavy atom. The number of carbonyl (C=O) groups is 1.